The minimum absolute atomic E-state index is 1.21. The lowest BCUT2D eigenvalue weighted by molar-refractivity contribution is 1.58. The van der Waals surface area contributed by atoms with Crippen LogP contribution < -0.4 is 0 Å². The minimum Gasteiger partial charge on any atom is -0.0622 e. The predicted molar refractivity (Wildman–Crippen MR) is 375 cm³/mol. The maximum Gasteiger partial charge on any atom is -0.000718 e. The fourth-order valence-electron chi connectivity index (χ4n) is 15.9. The van der Waals surface area contributed by atoms with Gasteiger partial charge in [-0.15, -0.1) is 0 Å². The van der Waals surface area contributed by atoms with Crippen molar-refractivity contribution in [3.05, 3.63) is 315 Å². The normalized spacial score (nSPS) is 12.1. The van der Waals surface area contributed by atoms with Crippen molar-refractivity contribution in [3.63, 3.8) is 0 Å². The van der Waals surface area contributed by atoms with E-state index >= 15 is 0 Å². The van der Waals surface area contributed by atoms with Crippen molar-refractivity contribution in [1.82, 2.24) is 0 Å². The summed E-state index contributed by atoms with van der Waals surface area (Å²) in [5.41, 5.74) is 30.1. The zero-order valence-electron chi connectivity index (χ0n) is 48.0. The monoisotopic (exact) mass is 1110 g/mol. The first-order valence-corrected chi connectivity index (χ1v) is 30.7. The molecule has 0 saturated heterocycles. The molecular weight excluding hydrogens is 1060 g/mol. The molecule has 2 aliphatic rings. The molecule has 0 amide bonds. The van der Waals surface area contributed by atoms with E-state index in [9.17, 15) is 0 Å². The number of hydrogen-bond donors (Lipinski definition) is 0. The lowest BCUT2D eigenvalue weighted by Gasteiger charge is -2.22. The summed E-state index contributed by atoms with van der Waals surface area (Å²) in [6.45, 7) is 0. The molecule has 0 N–H and O–H groups in total. The van der Waals surface area contributed by atoms with Crippen molar-refractivity contribution < 1.29 is 0 Å². The summed E-state index contributed by atoms with van der Waals surface area (Å²) in [5, 5.41) is 15.5. The van der Waals surface area contributed by atoms with Gasteiger partial charge < -0.3 is 0 Å². The van der Waals surface area contributed by atoms with E-state index in [0.29, 0.717) is 0 Å². The van der Waals surface area contributed by atoms with Crippen molar-refractivity contribution >= 4 is 64.6 Å². The maximum atomic E-state index is 2.48. The highest BCUT2D eigenvalue weighted by molar-refractivity contribution is 6.42. The molecule has 0 radical (unpaired) electrons. The van der Waals surface area contributed by atoms with Crippen LogP contribution in [0.3, 0.4) is 0 Å². The highest BCUT2D eigenvalue weighted by atomic mass is 14.4. The van der Waals surface area contributed by atoms with E-state index in [1.54, 1.807) is 0 Å². The van der Waals surface area contributed by atoms with Gasteiger partial charge in [-0.1, -0.05) is 315 Å². The fourth-order valence-corrected chi connectivity index (χ4v) is 15.9. The Hall–Kier alpha value is -11.4. The Morgan fingerprint density at radius 1 is 0.102 bits per heavy atom. The van der Waals surface area contributed by atoms with Gasteiger partial charge in [0.1, 0.15) is 0 Å². The molecule has 0 heteroatoms. The molecule has 88 heavy (non-hydrogen) atoms. The van der Waals surface area contributed by atoms with E-state index < -0.39 is 0 Å². The Labute approximate surface area is 510 Å². The average Bonchev–Trinajstić information content (AvgIpc) is 1.51. The molecule has 0 bridgehead atoms. The van der Waals surface area contributed by atoms with E-state index in [4.69, 9.17) is 0 Å². The number of fused-ring (bicyclic) bond motifs is 10. The molecule has 404 valence electrons. The van der Waals surface area contributed by atoms with Crippen LogP contribution in [0, 0.1) is 0 Å². The van der Waals surface area contributed by atoms with E-state index in [1.165, 1.54) is 198 Å². The van der Waals surface area contributed by atoms with Gasteiger partial charge in [-0.05, 0) is 198 Å². The largest absolute Gasteiger partial charge is 0.0622 e. The van der Waals surface area contributed by atoms with Crippen LogP contribution in [0.25, 0.3) is 198 Å². The van der Waals surface area contributed by atoms with Crippen LogP contribution in [0.1, 0.15) is 0 Å². The standard InChI is InChI=1S/C88H52/c1-5-21-53(22-6-1)55-37-41-59(42-38-55)77-65-33-17-19-35-67(65)81(63-31-15-13-29-61(63)57-25-9-3-10-26-57)87-75-51-47-71-70-46-50-74-84-76(52-48-72(80(70)84)69-45-49-73(85(77)87)83(75)79(69)71)88-82(64-32-16-14-30-62(64)58-27-11-4-12-28-58)68-36-20-18-34-66(68)78(86(74)88)60-43-39-56(40-44-60)54-23-7-2-8-24-54/h1-52H. The van der Waals surface area contributed by atoms with Crippen LogP contribution in [-0.2, 0) is 0 Å². The van der Waals surface area contributed by atoms with Crippen LogP contribution in [0.15, 0.2) is 315 Å². The third-order valence-electron chi connectivity index (χ3n) is 19.5. The molecule has 0 fully saturated rings. The summed E-state index contributed by atoms with van der Waals surface area (Å²) >= 11 is 0. The van der Waals surface area contributed by atoms with Gasteiger partial charge >= 0.3 is 0 Å². The Kier molecular flexibility index (Phi) is 10.6. The second-order valence-electron chi connectivity index (χ2n) is 23.9. The smallest absolute Gasteiger partial charge is 0.000718 e. The quantitative estimate of drug-likeness (QED) is 0.105. The van der Waals surface area contributed by atoms with E-state index in [2.05, 4.69) is 315 Å². The van der Waals surface area contributed by atoms with Crippen LogP contribution in [0.4, 0.5) is 0 Å². The van der Waals surface area contributed by atoms with Gasteiger partial charge in [0.15, 0.2) is 0 Å². The second-order valence-corrected chi connectivity index (χ2v) is 23.9. The lowest BCUT2D eigenvalue weighted by Crippen LogP contribution is -1.95. The molecule has 0 aromatic heterocycles. The van der Waals surface area contributed by atoms with Crippen molar-refractivity contribution in [2.75, 3.05) is 0 Å². The van der Waals surface area contributed by atoms with Gasteiger partial charge in [0, 0.05) is 0 Å². The van der Waals surface area contributed by atoms with Gasteiger partial charge in [0.25, 0.3) is 0 Å². The van der Waals surface area contributed by atoms with E-state index in [0.717, 1.165) is 0 Å². The molecule has 0 unspecified atom stereocenters. The minimum atomic E-state index is 1.21. The Balaban J connectivity index is 0.900. The summed E-state index contributed by atoms with van der Waals surface area (Å²) < 4.78 is 0. The van der Waals surface area contributed by atoms with E-state index in [-0.39, 0.29) is 0 Å². The summed E-state index contributed by atoms with van der Waals surface area (Å²) in [4.78, 5) is 0. The summed E-state index contributed by atoms with van der Waals surface area (Å²) in [5.74, 6) is 0. The van der Waals surface area contributed by atoms with Crippen LogP contribution >= 0.6 is 0 Å². The van der Waals surface area contributed by atoms with Crippen molar-refractivity contribution in [2.24, 2.45) is 0 Å². The highest BCUT2D eigenvalue weighted by Gasteiger charge is 2.36. The zero-order chi connectivity index (χ0) is 57.6. The van der Waals surface area contributed by atoms with Crippen LogP contribution in [-0.4, -0.2) is 0 Å². The topological polar surface area (TPSA) is 0 Å². The Morgan fingerprint density at radius 3 is 0.670 bits per heavy atom. The van der Waals surface area contributed by atoms with Gasteiger partial charge in [-0.3, -0.25) is 0 Å². The SMILES string of the molecule is c1ccc(-c2ccc(-c3c4c(c(-c5ccccc5-c5ccccc5)c5ccccc35)-c3ccc5c6ccc7c8c(ccc(c9ccc-4c3c95)c86)-c3c-7c(-c4ccc(-c5ccccc5)cc4)c4ccccc4c3-c3ccccc3-c3ccccc3)cc2)cc1. The molecular formula is C88H52. The zero-order valence-corrected chi connectivity index (χ0v) is 48.0. The highest BCUT2D eigenvalue weighted by Crippen LogP contribution is 2.64. The van der Waals surface area contributed by atoms with Gasteiger partial charge in [0.2, 0.25) is 0 Å². The molecule has 0 aliphatic heterocycles. The van der Waals surface area contributed by atoms with Crippen molar-refractivity contribution in [2.45, 2.75) is 0 Å². The second kappa shape index (κ2) is 19.0. The molecule has 19 rings (SSSR count). The summed E-state index contributed by atoms with van der Waals surface area (Å²) in [6.07, 6.45) is 0. The molecule has 2 aliphatic carbocycles. The Morgan fingerprint density at radius 2 is 0.341 bits per heavy atom. The summed E-state index contributed by atoms with van der Waals surface area (Å²) in [7, 11) is 0. The molecule has 17 aromatic carbocycles. The van der Waals surface area contributed by atoms with Crippen molar-refractivity contribution in [3.8, 4) is 134 Å². The maximum absolute atomic E-state index is 2.48. The van der Waals surface area contributed by atoms with Gasteiger partial charge in [-0.2, -0.15) is 0 Å². The first-order valence-electron chi connectivity index (χ1n) is 30.7. The average molecular weight is 1110 g/mol. The first kappa shape index (κ1) is 48.9. The van der Waals surface area contributed by atoms with Crippen LogP contribution in [0.2, 0.25) is 0 Å². The molecule has 0 nitrogen and oxygen atoms in total. The van der Waals surface area contributed by atoms with Crippen molar-refractivity contribution in [1.29, 1.82) is 0 Å². The molecule has 17 aromatic rings. The van der Waals surface area contributed by atoms with Crippen LogP contribution in [0.5, 0.6) is 0 Å². The predicted octanol–water partition coefficient (Wildman–Crippen LogP) is 24.7. The third-order valence-corrected chi connectivity index (χ3v) is 19.5. The van der Waals surface area contributed by atoms with Gasteiger partial charge in [-0.25, -0.2) is 0 Å². The molecule has 0 saturated carbocycles. The summed E-state index contributed by atoms with van der Waals surface area (Å²) in [6, 6.07) is 118. The van der Waals surface area contributed by atoms with Gasteiger partial charge in [0.05, 0.1) is 0 Å². The molecule has 0 atom stereocenters. The first-order chi connectivity index (χ1) is 43.7. The molecule has 0 heterocycles. The number of rotatable bonds is 8. The molecule has 0 spiro atoms. The fraction of sp³-hybridized carbons (Fsp3) is 0. The number of hydrogen-bond acceptors (Lipinski definition) is 0. The Bertz CT molecular complexity index is 5340. The van der Waals surface area contributed by atoms with E-state index in [1.807, 2.05) is 0 Å². The number of benzene rings is 17. The third kappa shape index (κ3) is 6.97. The lowest BCUT2D eigenvalue weighted by atomic mass is 9.81.